The van der Waals surface area contributed by atoms with Gasteiger partial charge in [0, 0.05) is 6.07 Å². The van der Waals surface area contributed by atoms with Crippen molar-refractivity contribution in [1.82, 2.24) is 0 Å². The zero-order valence-corrected chi connectivity index (χ0v) is 11.4. The summed E-state index contributed by atoms with van der Waals surface area (Å²) in [5.74, 6) is 0.362. The maximum Gasteiger partial charge on any atom is 0.573 e. The lowest BCUT2D eigenvalue weighted by molar-refractivity contribution is -0.274. The molecule has 0 spiro atoms. The third-order valence-electron chi connectivity index (χ3n) is 2.48. The minimum Gasteiger partial charge on any atom is -0.457 e. The van der Waals surface area contributed by atoms with Crippen molar-refractivity contribution in [2.24, 2.45) is 0 Å². The molecule has 21 heavy (non-hydrogen) atoms. The molecular weight excluding hydrogens is 305 g/mol. The number of benzene rings is 2. The molecule has 0 unspecified atom stereocenters. The molecule has 0 amide bonds. The Kier molecular flexibility index (Phi) is 4.43. The standard InChI is InChI=1S/C15H10ClF3O2/c1-2-10-3-5-11(6-4-10)20-12-7-8-14(13(16)9-12)21-15(17,18)19/h2-9H,1H2. The lowest BCUT2D eigenvalue weighted by atomic mass is 10.2. The van der Waals surface area contributed by atoms with Gasteiger partial charge in [0.15, 0.2) is 0 Å². The molecule has 2 aromatic rings. The number of hydrogen-bond acceptors (Lipinski definition) is 2. The molecule has 0 saturated heterocycles. The van der Waals surface area contributed by atoms with Crippen molar-refractivity contribution in [3.63, 3.8) is 0 Å². The Morgan fingerprint density at radius 1 is 1.00 bits per heavy atom. The Hall–Kier alpha value is -2.14. The molecule has 0 aliphatic carbocycles. The molecule has 0 radical (unpaired) electrons. The molecule has 110 valence electrons. The zero-order valence-electron chi connectivity index (χ0n) is 10.7. The molecule has 0 bridgehead atoms. The first-order valence-corrected chi connectivity index (χ1v) is 6.21. The van der Waals surface area contributed by atoms with Crippen LogP contribution in [0, 0.1) is 0 Å². The lowest BCUT2D eigenvalue weighted by Gasteiger charge is -2.12. The van der Waals surface area contributed by atoms with Crippen molar-refractivity contribution in [3.8, 4) is 17.2 Å². The minimum absolute atomic E-state index is 0.187. The van der Waals surface area contributed by atoms with Gasteiger partial charge in [-0.2, -0.15) is 0 Å². The molecule has 0 N–H and O–H groups in total. The summed E-state index contributed by atoms with van der Waals surface area (Å²) in [6.07, 6.45) is -3.10. The third-order valence-corrected chi connectivity index (χ3v) is 2.78. The number of alkyl halides is 3. The van der Waals surface area contributed by atoms with Gasteiger partial charge in [0.05, 0.1) is 5.02 Å². The molecule has 2 aromatic carbocycles. The number of halogens is 4. The fraction of sp³-hybridized carbons (Fsp3) is 0.0667. The first-order valence-electron chi connectivity index (χ1n) is 5.83. The van der Waals surface area contributed by atoms with E-state index in [0.29, 0.717) is 11.5 Å². The minimum atomic E-state index is -4.79. The average Bonchev–Trinajstić information content (AvgIpc) is 2.41. The van der Waals surface area contributed by atoms with Crippen LogP contribution in [-0.4, -0.2) is 6.36 Å². The molecular formula is C15H10ClF3O2. The first-order chi connectivity index (χ1) is 9.87. The van der Waals surface area contributed by atoms with Gasteiger partial charge in [-0.3, -0.25) is 0 Å². The highest BCUT2D eigenvalue weighted by Crippen LogP contribution is 2.34. The molecule has 0 aliphatic rings. The van der Waals surface area contributed by atoms with E-state index in [1.54, 1.807) is 30.3 Å². The smallest absolute Gasteiger partial charge is 0.457 e. The predicted octanol–water partition coefficient (Wildman–Crippen LogP) is 5.67. The largest absolute Gasteiger partial charge is 0.573 e. The van der Waals surface area contributed by atoms with Gasteiger partial charge in [0.25, 0.3) is 0 Å². The van der Waals surface area contributed by atoms with Gasteiger partial charge in [0.2, 0.25) is 0 Å². The maximum atomic E-state index is 12.1. The highest BCUT2D eigenvalue weighted by atomic mass is 35.5. The summed E-state index contributed by atoms with van der Waals surface area (Å²) < 4.78 is 45.6. The summed E-state index contributed by atoms with van der Waals surface area (Å²) >= 11 is 5.73. The van der Waals surface area contributed by atoms with Crippen LogP contribution >= 0.6 is 11.6 Å². The van der Waals surface area contributed by atoms with Gasteiger partial charge in [-0.25, -0.2) is 0 Å². The summed E-state index contributed by atoms with van der Waals surface area (Å²) in [6.45, 7) is 3.63. The van der Waals surface area contributed by atoms with Crippen molar-refractivity contribution in [2.45, 2.75) is 6.36 Å². The van der Waals surface area contributed by atoms with E-state index in [-0.39, 0.29) is 5.02 Å². The van der Waals surface area contributed by atoms with Gasteiger partial charge in [-0.05, 0) is 29.8 Å². The quantitative estimate of drug-likeness (QED) is 0.723. The van der Waals surface area contributed by atoms with Crippen molar-refractivity contribution < 1.29 is 22.6 Å². The zero-order chi connectivity index (χ0) is 15.5. The van der Waals surface area contributed by atoms with Crippen LogP contribution in [0.5, 0.6) is 17.2 Å². The summed E-state index contributed by atoms with van der Waals surface area (Å²) in [7, 11) is 0. The van der Waals surface area contributed by atoms with Gasteiger partial charge in [-0.1, -0.05) is 36.4 Å². The van der Waals surface area contributed by atoms with E-state index in [9.17, 15) is 13.2 Å². The van der Waals surface area contributed by atoms with Crippen LogP contribution in [0.1, 0.15) is 5.56 Å². The summed E-state index contributed by atoms with van der Waals surface area (Å²) in [4.78, 5) is 0. The van der Waals surface area contributed by atoms with Crippen LogP contribution in [0.3, 0.4) is 0 Å². The van der Waals surface area contributed by atoms with Crippen LogP contribution in [0.25, 0.3) is 6.08 Å². The monoisotopic (exact) mass is 314 g/mol. The Morgan fingerprint density at radius 3 is 2.14 bits per heavy atom. The van der Waals surface area contributed by atoms with Crippen molar-refractivity contribution in [2.75, 3.05) is 0 Å². The van der Waals surface area contributed by atoms with Crippen molar-refractivity contribution >= 4 is 17.7 Å². The first kappa shape index (κ1) is 15.3. The fourth-order valence-electron chi connectivity index (χ4n) is 1.56. The van der Waals surface area contributed by atoms with E-state index in [0.717, 1.165) is 11.6 Å². The highest BCUT2D eigenvalue weighted by Gasteiger charge is 2.32. The van der Waals surface area contributed by atoms with Crippen LogP contribution in [0.15, 0.2) is 49.0 Å². The number of hydrogen-bond donors (Lipinski definition) is 0. The van der Waals surface area contributed by atoms with Gasteiger partial charge < -0.3 is 9.47 Å². The summed E-state index contributed by atoms with van der Waals surface area (Å²) in [5, 5.41) is -0.187. The topological polar surface area (TPSA) is 18.5 Å². The van der Waals surface area contributed by atoms with Crippen molar-refractivity contribution in [3.05, 3.63) is 59.6 Å². The molecule has 0 saturated carbocycles. The molecule has 6 heteroatoms. The van der Waals surface area contributed by atoms with E-state index in [2.05, 4.69) is 11.3 Å². The predicted molar refractivity (Wildman–Crippen MR) is 74.7 cm³/mol. The molecule has 2 rings (SSSR count). The van der Waals surface area contributed by atoms with Crippen LogP contribution in [-0.2, 0) is 0 Å². The van der Waals surface area contributed by atoms with Crippen LogP contribution in [0.4, 0.5) is 13.2 Å². The van der Waals surface area contributed by atoms with Gasteiger partial charge in [-0.15, -0.1) is 13.2 Å². The van der Waals surface area contributed by atoms with E-state index in [1.807, 2.05) is 0 Å². The van der Waals surface area contributed by atoms with Crippen LogP contribution in [0.2, 0.25) is 5.02 Å². The molecule has 0 aliphatic heterocycles. The maximum absolute atomic E-state index is 12.1. The number of rotatable bonds is 4. The Labute approximate surface area is 124 Å². The molecule has 0 fully saturated rings. The Balaban J connectivity index is 2.14. The highest BCUT2D eigenvalue weighted by molar-refractivity contribution is 6.32. The average molecular weight is 315 g/mol. The summed E-state index contributed by atoms with van der Waals surface area (Å²) in [6, 6.07) is 10.7. The third kappa shape index (κ3) is 4.43. The second kappa shape index (κ2) is 6.10. The Bertz CT molecular complexity index is 636. The summed E-state index contributed by atoms with van der Waals surface area (Å²) in [5.41, 5.74) is 0.925. The SMILES string of the molecule is C=Cc1ccc(Oc2ccc(OC(F)(F)F)c(Cl)c2)cc1. The molecule has 0 aromatic heterocycles. The van der Waals surface area contributed by atoms with E-state index in [1.165, 1.54) is 12.1 Å². The molecule has 0 heterocycles. The van der Waals surface area contributed by atoms with E-state index < -0.39 is 12.1 Å². The van der Waals surface area contributed by atoms with Crippen LogP contribution < -0.4 is 9.47 Å². The van der Waals surface area contributed by atoms with E-state index >= 15 is 0 Å². The Morgan fingerprint density at radius 2 is 1.62 bits per heavy atom. The number of ether oxygens (including phenoxy) is 2. The van der Waals surface area contributed by atoms with Crippen molar-refractivity contribution in [1.29, 1.82) is 0 Å². The lowest BCUT2D eigenvalue weighted by Crippen LogP contribution is -2.17. The molecule has 0 atom stereocenters. The molecule has 2 nitrogen and oxygen atoms in total. The second-order valence-electron chi connectivity index (χ2n) is 4.02. The fourth-order valence-corrected chi connectivity index (χ4v) is 1.77. The van der Waals surface area contributed by atoms with Gasteiger partial charge >= 0.3 is 6.36 Å². The second-order valence-corrected chi connectivity index (χ2v) is 4.42. The van der Waals surface area contributed by atoms with E-state index in [4.69, 9.17) is 16.3 Å². The van der Waals surface area contributed by atoms with Gasteiger partial charge in [0.1, 0.15) is 17.2 Å². The normalized spacial score (nSPS) is 11.0.